The third-order valence-corrected chi connectivity index (χ3v) is 5.95. The molecule has 5 nitrogen and oxygen atoms in total. The molecule has 3 aromatic carbocycles. The summed E-state index contributed by atoms with van der Waals surface area (Å²) in [5, 5.41) is 16.2. The van der Waals surface area contributed by atoms with Gasteiger partial charge in [0.25, 0.3) is 0 Å². The van der Waals surface area contributed by atoms with Gasteiger partial charge >= 0.3 is 6.18 Å². The molecule has 3 N–H and O–H groups in total. The number of hydrogen-bond donors (Lipinski definition) is 2. The highest BCUT2D eigenvalue weighted by Gasteiger charge is 2.58. The number of halogens is 4. The Morgan fingerprint density at radius 1 is 0.971 bits per heavy atom. The Hall–Kier alpha value is -4.24. The third kappa shape index (κ3) is 3.52. The van der Waals surface area contributed by atoms with E-state index in [0.717, 1.165) is 0 Å². The fraction of sp³-hybridized carbons (Fsp3) is 0.0769. The van der Waals surface area contributed by atoms with Gasteiger partial charge in [-0.1, -0.05) is 30.8 Å². The predicted molar refractivity (Wildman–Crippen MR) is 125 cm³/mol. The van der Waals surface area contributed by atoms with Gasteiger partial charge in [-0.3, -0.25) is 4.98 Å². The molecule has 5 aromatic rings. The van der Waals surface area contributed by atoms with Crippen molar-refractivity contribution >= 4 is 27.5 Å². The third-order valence-electron chi connectivity index (χ3n) is 5.95. The summed E-state index contributed by atoms with van der Waals surface area (Å²) in [6, 6.07) is 15.6. The molecule has 0 aliphatic heterocycles. The van der Waals surface area contributed by atoms with Crippen molar-refractivity contribution in [3.8, 4) is 5.69 Å². The second-order valence-electron chi connectivity index (χ2n) is 8.10. The molecule has 0 amide bonds. The summed E-state index contributed by atoms with van der Waals surface area (Å²) in [5.41, 5.74) is 2.54. The monoisotopic (exact) mass is 478 g/mol. The molecule has 2 aromatic heterocycles. The van der Waals surface area contributed by atoms with Gasteiger partial charge < -0.3 is 10.8 Å². The molecule has 0 aliphatic carbocycles. The molecule has 0 bridgehead atoms. The molecule has 2 heterocycles. The largest absolute Gasteiger partial charge is 0.425 e. The van der Waals surface area contributed by atoms with Crippen molar-refractivity contribution in [1.82, 2.24) is 14.8 Å². The summed E-state index contributed by atoms with van der Waals surface area (Å²) >= 11 is 0. The Balaban J connectivity index is 1.78. The molecule has 5 rings (SSSR count). The van der Waals surface area contributed by atoms with Crippen LogP contribution in [0.2, 0.25) is 0 Å². The topological polar surface area (TPSA) is 77.0 Å². The average molecular weight is 478 g/mol. The summed E-state index contributed by atoms with van der Waals surface area (Å²) in [6.45, 7) is 3.59. The standard InChI is InChI=1S/C26H18F4N4O/c1-15(31)21-14-32-22-5-3-2-4-20(22)24(21)25(35,26(28,29)30)17-6-11-23-16(12-17)13-33-34(23)19-9-7-18(27)8-10-19/h2-14,35H,1,31H2. The molecule has 0 saturated carbocycles. The number of fused-ring (bicyclic) bond motifs is 2. The van der Waals surface area contributed by atoms with Gasteiger partial charge in [0.05, 0.1) is 22.9 Å². The van der Waals surface area contributed by atoms with Crippen LogP contribution in [0.5, 0.6) is 0 Å². The van der Waals surface area contributed by atoms with Crippen LogP contribution in [0.3, 0.4) is 0 Å². The Bertz CT molecular complexity index is 1590. The first-order valence-electron chi connectivity index (χ1n) is 10.5. The molecule has 35 heavy (non-hydrogen) atoms. The van der Waals surface area contributed by atoms with Gasteiger partial charge in [0, 0.05) is 33.8 Å². The van der Waals surface area contributed by atoms with Crippen molar-refractivity contribution in [1.29, 1.82) is 0 Å². The maximum Gasteiger partial charge on any atom is 0.425 e. The van der Waals surface area contributed by atoms with E-state index in [-0.39, 0.29) is 22.2 Å². The van der Waals surface area contributed by atoms with Gasteiger partial charge in [-0.05, 0) is 48.0 Å². The first-order chi connectivity index (χ1) is 16.6. The van der Waals surface area contributed by atoms with Crippen LogP contribution in [0, 0.1) is 5.82 Å². The number of rotatable bonds is 4. The number of alkyl halides is 3. The van der Waals surface area contributed by atoms with Gasteiger partial charge in [0.2, 0.25) is 5.60 Å². The number of benzene rings is 3. The van der Waals surface area contributed by atoms with Crippen molar-refractivity contribution in [2.75, 3.05) is 0 Å². The van der Waals surface area contributed by atoms with Crippen LogP contribution in [0.1, 0.15) is 16.7 Å². The number of pyridine rings is 1. The van der Waals surface area contributed by atoms with Crippen LogP contribution in [-0.4, -0.2) is 26.0 Å². The molecule has 176 valence electrons. The smallest absolute Gasteiger partial charge is 0.399 e. The molecular formula is C26H18F4N4O. The molecule has 0 aliphatic rings. The van der Waals surface area contributed by atoms with E-state index in [1.54, 1.807) is 18.2 Å². The van der Waals surface area contributed by atoms with Crippen LogP contribution in [-0.2, 0) is 5.60 Å². The number of aliphatic hydroxyl groups is 1. The molecule has 0 radical (unpaired) electrons. The number of nitrogens with zero attached hydrogens (tertiary/aromatic N) is 3. The van der Waals surface area contributed by atoms with Gasteiger partial charge in [-0.2, -0.15) is 18.3 Å². The van der Waals surface area contributed by atoms with E-state index in [0.29, 0.717) is 16.6 Å². The van der Waals surface area contributed by atoms with E-state index in [9.17, 15) is 22.7 Å². The van der Waals surface area contributed by atoms with Gasteiger partial charge in [-0.25, -0.2) is 9.07 Å². The highest BCUT2D eigenvalue weighted by molar-refractivity contribution is 5.89. The van der Waals surface area contributed by atoms with Crippen molar-refractivity contribution in [3.63, 3.8) is 0 Å². The lowest BCUT2D eigenvalue weighted by Gasteiger charge is -2.34. The summed E-state index contributed by atoms with van der Waals surface area (Å²) in [6.07, 6.45) is -2.56. The quantitative estimate of drug-likeness (QED) is 0.337. The second-order valence-corrected chi connectivity index (χ2v) is 8.10. The van der Waals surface area contributed by atoms with Crippen LogP contribution >= 0.6 is 0 Å². The SMILES string of the molecule is C=C(N)c1cnc2ccccc2c1C(O)(c1ccc2c(cnn2-c2ccc(F)cc2)c1)C(F)(F)F. The maximum atomic E-state index is 14.8. The minimum Gasteiger partial charge on any atom is -0.399 e. The Labute approximate surface area is 196 Å². The van der Waals surface area contributed by atoms with Crippen molar-refractivity contribution in [2.24, 2.45) is 5.73 Å². The van der Waals surface area contributed by atoms with Gasteiger partial charge in [0.1, 0.15) is 5.82 Å². The Morgan fingerprint density at radius 3 is 2.37 bits per heavy atom. The van der Waals surface area contributed by atoms with E-state index in [2.05, 4.69) is 16.7 Å². The van der Waals surface area contributed by atoms with E-state index >= 15 is 0 Å². The lowest BCUT2D eigenvalue weighted by atomic mass is 9.80. The Kier molecular flexibility index (Phi) is 5.10. The maximum absolute atomic E-state index is 14.8. The van der Waals surface area contributed by atoms with E-state index in [1.165, 1.54) is 65.6 Å². The normalized spacial score (nSPS) is 13.7. The van der Waals surface area contributed by atoms with Crippen LogP contribution in [0.15, 0.2) is 85.7 Å². The minimum atomic E-state index is -5.12. The first kappa shape index (κ1) is 22.5. The first-order valence-corrected chi connectivity index (χ1v) is 10.5. The number of hydrogen-bond acceptors (Lipinski definition) is 4. The fourth-order valence-corrected chi connectivity index (χ4v) is 4.27. The zero-order chi connectivity index (χ0) is 25.0. The van der Waals surface area contributed by atoms with Gasteiger partial charge in [-0.15, -0.1) is 0 Å². The average Bonchev–Trinajstić information content (AvgIpc) is 3.26. The summed E-state index contributed by atoms with van der Waals surface area (Å²) in [7, 11) is 0. The van der Waals surface area contributed by atoms with Crippen LogP contribution in [0.25, 0.3) is 33.2 Å². The lowest BCUT2D eigenvalue weighted by Crippen LogP contribution is -2.44. The molecule has 0 fully saturated rings. The molecule has 1 unspecified atom stereocenters. The van der Waals surface area contributed by atoms with Crippen molar-refractivity contribution < 1.29 is 22.7 Å². The highest BCUT2D eigenvalue weighted by atomic mass is 19.4. The number of aromatic nitrogens is 3. The summed E-state index contributed by atoms with van der Waals surface area (Å²) < 4.78 is 59.1. The predicted octanol–water partition coefficient (Wildman–Crippen LogP) is 5.44. The fourth-order valence-electron chi connectivity index (χ4n) is 4.27. The molecule has 9 heteroatoms. The molecule has 0 spiro atoms. The lowest BCUT2D eigenvalue weighted by molar-refractivity contribution is -0.247. The Morgan fingerprint density at radius 2 is 1.69 bits per heavy atom. The molecule has 1 atom stereocenters. The van der Waals surface area contributed by atoms with Crippen LogP contribution < -0.4 is 5.73 Å². The zero-order valence-electron chi connectivity index (χ0n) is 18.1. The molecule has 0 saturated heterocycles. The van der Waals surface area contributed by atoms with Crippen molar-refractivity contribution in [3.05, 3.63) is 108 Å². The molecular weight excluding hydrogens is 460 g/mol. The minimum absolute atomic E-state index is 0.0959. The number of para-hydroxylation sites is 1. The zero-order valence-corrected chi connectivity index (χ0v) is 18.1. The second kappa shape index (κ2) is 7.92. The summed E-state index contributed by atoms with van der Waals surface area (Å²) in [5.74, 6) is -0.426. The van der Waals surface area contributed by atoms with Gasteiger partial charge in [0.15, 0.2) is 0 Å². The van der Waals surface area contributed by atoms with E-state index in [1.807, 2.05) is 0 Å². The summed E-state index contributed by atoms with van der Waals surface area (Å²) in [4.78, 5) is 4.19. The van der Waals surface area contributed by atoms with Crippen molar-refractivity contribution in [2.45, 2.75) is 11.8 Å². The van der Waals surface area contributed by atoms with Crippen LogP contribution in [0.4, 0.5) is 17.6 Å². The van der Waals surface area contributed by atoms with E-state index < -0.39 is 28.7 Å². The number of nitrogens with two attached hydrogens (primary N) is 1. The highest BCUT2D eigenvalue weighted by Crippen LogP contribution is 2.48. The van der Waals surface area contributed by atoms with E-state index in [4.69, 9.17) is 5.73 Å².